The van der Waals surface area contributed by atoms with Crippen LogP contribution >= 0.6 is 0 Å². The fraction of sp³-hybridized carbons (Fsp3) is 0.500. The number of benzene rings is 1. The van der Waals surface area contributed by atoms with Crippen LogP contribution in [0.1, 0.15) is 59.1 Å². The quantitative estimate of drug-likeness (QED) is 0.742. The summed E-state index contributed by atoms with van der Waals surface area (Å²) in [5.41, 5.74) is 2.40. The maximum absolute atomic E-state index is 12.9. The third-order valence-electron chi connectivity index (χ3n) is 5.43. The molecular weight excluding hydrogens is 368 g/mol. The first-order valence-corrected chi connectivity index (χ1v) is 10.4. The Labute approximate surface area is 172 Å². The topological polar surface area (TPSA) is 76.5 Å². The van der Waals surface area contributed by atoms with Crippen LogP contribution in [0.25, 0.3) is 0 Å². The Morgan fingerprint density at radius 3 is 2.55 bits per heavy atom. The molecule has 0 saturated carbocycles. The van der Waals surface area contributed by atoms with Gasteiger partial charge in [0.25, 0.3) is 11.8 Å². The number of nitrogens with zero attached hydrogens (tertiary/aromatic N) is 3. The first kappa shape index (κ1) is 20.9. The number of rotatable bonds is 8. The predicted octanol–water partition coefficient (Wildman–Crippen LogP) is 2.68. The van der Waals surface area contributed by atoms with Crippen LogP contribution < -0.4 is 10.1 Å². The molecule has 2 heterocycles. The minimum atomic E-state index is -0.206. The van der Waals surface area contributed by atoms with Gasteiger partial charge in [-0.3, -0.25) is 9.59 Å². The maximum Gasteiger partial charge on any atom is 0.289 e. The Morgan fingerprint density at radius 2 is 1.90 bits per heavy atom. The zero-order chi connectivity index (χ0) is 20.8. The van der Waals surface area contributed by atoms with Crippen LogP contribution in [0.2, 0.25) is 0 Å². The minimum Gasteiger partial charge on any atom is -0.497 e. The zero-order valence-electron chi connectivity index (χ0n) is 17.5. The van der Waals surface area contributed by atoms with Crippen molar-refractivity contribution in [2.75, 3.05) is 26.7 Å². The van der Waals surface area contributed by atoms with Gasteiger partial charge in [0.1, 0.15) is 11.4 Å². The number of methoxy groups -OCH3 is 1. The van der Waals surface area contributed by atoms with Gasteiger partial charge in [-0.2, -0.15) is 0 Å². The van der Waals surface area contributed by atoms with E-state index in [2.05, 4.69) is 10.3 Å². The van der Waals surface area contributed by atoms with Crippen LogP contribution in [0.15, 0.2) is 24.3 Å². The average Bonchev–Trinajstić information content (AvgIpc) is 3.15. The molecule has 0 spiro atoms. The monoisotopic (exact) mass is 398 g/mol. The van der Waals surface area contributed by atoms with E-state index in [1.807, 2.05) is 42.7 Å². The Balaban J connectivity index is 1.71. The van der Waals surface area contributed by atoms with Crippen molar-refractivity contribution in [2.24, 2.45) is 0 Å². The molecule has 2 aromatic rings. The summed E-state index contributed by atoms with van der Waals surface area (Å²) < 4.78 is 7.11. The molecule has 7 nitrogen and oxygen atoms in total. The summed E-state index contributed by atoms with van der Waals surface area (Å²) in [7, 11) is 1.64. The largest absolute Gasteiger partial charge is 0.497 e. The van der Waals surface area contributed by atoms with Gasteiger partial charge in [-0.1, -0.05) is 12.1 Å². The van der Waals surface area contributed by atoms with E-state index in [1.165, 1.54) is 0 Å². The number of hydrogen-bond acceptors (Lipinski definition) is 4. The summed E-state index contributed by atoms with van der Waals surface area (Å²) in [5.74, 6) is 0.898. The number of carbonyl (C=O) groups is 2. The second-order valence-corrected chi connectivity index (χ2v) is 7.17. The Hall–Kier alpha value is -2.83. The molecular formula is C22H30N4O3. The van der Waals surface area contributed by atoms with E-state index in [1.54, 1.807) is 12.0 Å². The number of amides is 2. The van der Waals surface area contributed by atoms with Gasteiger partial charge in [0.15, 0.2) is 5.82 Å². The van der Waals surface area contributed by atoms with Crippen LogP contribution in [-0.2, 0) is 19.4 Å². The van der Waals surface area contributed by atoms with Crippen molar-refractivity contribution in [1.29, 1.82) is 0 Å². The predicted molar refractivity (Wildman–Crippen MR) is 111 cm³/mol. The van der Waals surface area contributed by atoms with E-state index in [9.17, 15) is 9.59 Å². The van der Waals surface area contributed by atoms with Crippen molar-refractivity contribution < 1.29 is 14.3 Å². The van der Waals surface area contributed by atoms with Gasteiger partial charge in [0.2, 0.25) is 0 Å². The molecule has 0 aliphatic carbocycles. The molecule has 3 rings (SSSR count). The lowest BCUT2D eigenvalue weighted by molar-refractivity contribution is 0.0754. The number of hydrogen-bond donors (Lipinski definition) is 1. The van der Waals surface area contributed by atoms with Gasteiger partial charge in [0.05, 0.1) is 12.8 Å². The highest BCUT2D eigenvalue weighted by Gasteiger charge is 2.28. The first-order valence-electron chi connectivity index (χ1n) is 10.4. The lowest BCUT2D eigenvalue weighted by atomic mass is 10.1. The minimum absolute atomic E-state index is 0.101. The van der Waals surface area contributed by atoms with Gasteiger partial charge in [-0.05, 0) is 57.2 Å². The van der Waals surface area contributed by atoms with Crippen molar-refractivity contribution in [3.63, 3.8) is 0 Å². The van der Waals surface area contributed by atoms with E-state index in [0.717, 1.165) is 49.2 Å². The Bertz CT molecular complexity index is 854. The molecule has 0 unspecified atom stereocenters. The highest BCUT2D eigenvalue weighted by molar-refractivity contribution is 5.97. The number of aromatic nitrogens is 2. The van der Waals surface area contributed by atoms with Gasteiger partial charge in [-0.25, -0.2) is 4.98 Å². The van der Waals surface area contributed by atoms with Crippen molar-refractivity contribution in [2.45, 2.75) is 46.1 Å². The molecule has 1 aromatic carbocycles. The first-order chi connectivity index (χ1) is 14.1. The average molecular weight is 399 g/mol. The fourth-order valence-electron chi connectivity index (χ4n) is 3.74. The Kier molecular flexibility index (Phi) is 6.90. The molecule has 0 bridgehead atoms. The SMILES string of the molecule is CCN(CC)C(=O)c1nc(C(=O)NCCc2ccc(OC)cc2)c2n1CCCC2. The van der Waals surface area contributed by atoms with Crippen molar-refractivity contribution in [3.8, 4) is 5.75 Å². The maximum atomic E-state index is 12.9. The van der Waals surface area contributed by atoms with E-state index >= 15 is 0 Å². The number of ether oxygens (including phenoxy) is 1. The lowest BCUT2D eigenvalue weighted by Gasteiger charge is -2.21. The fourth-order valence-corrected chi connectivity index (χ4v) is 3.74. The smallest absolute Gasteiger partial charge is 0.289 e. The zero-order valence-corrected chi connectivity index (χ0v) is 17.5. The highest BCUT2D eigenvalue weighted by atomic mass is 16.5. The van der Waals surface area contributed by atoms with E-state index in [4.69, 9.17) is 4.74 Å². The van der Waals surface area contributed by atoms with Crippen molar-refractivity contribution >= 4 is 11.8 Å². The molecule has 156 valence electrons. The summed E-state index contributed by atoms with van der Waals surface area (Å²) >= 11 is 0. The molecule has 0 atom stereocenters. The summed E-state index contributed by atoms with van der Waals surface area (Å²) in [6.45, 7) is 6.41. The second-order valence-electron chi connectivity index (χ2n) is 7.17. The van der Waals surface area contributed by atoms with Crippen molar-refractivity contribution in [1.82, 2.24) is 19.8 Å². The highest BCUT2D eigenvalue weighted by Crippen LogP contribution is 2.22. The van der Waals surface area contributed by atoms with Crippen LogP contribution in [-0.4, -0.2) is 53.0 Å². The molecule has 1 aliphatic heterocycles. The molecule has 29 heavy (non-hydrogen) atoms. The second kappa shape index (κ2) is 9.58. The van der Waals surface area contributed by atoms with Crippen LogP contribution in [0.5, 0.6) is 5.75 Å². The summed E-state index contributed by atoms with van der Waals surface area (Å²) in [5, 5.41) is 2.96. The molecule has 7 heteroatoms. The Morgan fingerprint density at radius 1 is 1.17 bits per heavy atom. The lowest BCUT2D eigenvalue weighted by Crippen LogP contribution is -2.33. The van der Waals surface area contributed by atoms with Gasteiger partial charge in [0, 0.05) is 26.2 Å². The molecule has 1 aromatic heterocycles. The van der Waals surface area contributed by atoms with Crippen LogP contribution in [0.4, 0.5) is 0 Å². The van der Waals surface area contributed by atoms with Crippen molar-refractivity contribution in [3.05, 3.63) is 47.0 Å². The molecule has 1 aliphatic rings. The van der Waals surface area contributed by atoms with E-state index < -0.39 is 0 Å². The summed E-state index contributed by atoms with van der Waals surface area (Å²) in [6.07, 6.45) is 3.51. The standard InChI is InChI=1S/C22H30N4O3/c1-4-25(5-2)22(28)20-24-19(18-8-6-7-15-26(18)20)21(27)23-14-13-16-9-11-17(29-3)12-10-16/h9-12H,4-8,13-15H2,1-3H3,(H,23,27). The molecule has 0 fully saturated rings. The normalized spacial score (nSPS) is 12.9. The van der Waals surface area contributed by atoms with Gasteiger partial charge >= 0.3 is 0 Å². The van der Waals surface area contributed by atoms with E-state index in [-0.39, 0.29) is 11.8 Å². The molecule has 0 radical (unpaired) electrons. The number of imidazole rings is 1. The number of nitrogens with one attached hydrogen (secondary N) is 1. The molecule has 2 amide bonds. The van der Waals surface area contributed by atoms with E-state index in [0.29, 0.717) is 31.2 Å². The third-order valence-corrected chi connectivity index (χ3v) is 5.43. The summed E-state index contributed by atoms with van der Waals surface area (Å²) in [6, 6.07) is 7.80. The molecule has 1 N–H and O–H groups in total. The van der Waals surface area contributed by atoms with Gasteiger partial charge < -0.3 is 19.5 Å². The third kappa shape index (κ3) is 4.60. The number of carbonyl (C=O) groups excluding carboxylic acids is 2. The van der Waals surface area contributed by atoms with Crippen LogP contribution in [0.3, 0.4) is 0 Å². The number of fused-ring (bicyclic) bond motifs is 1. The van der Waals surface area contributed by atoms with Crippen LogP contribution in [0, 0.1) is 0 Å². The van der Waals surface area contributed by atoms with Gasteiger partial charge in [-0.15, -0.1) is 0 Å². The molecule has 0 saturated heterocycles. The summed E-state index contributed by atoms with van der Waals surface area (Å²) in [4.78, 5) is 31.9.